The van der Waals surface area contributed by atoms with E-state index in [0.29, 0.717) is 0 Å². The van der Waals surface area contributed by atoms with Crippen molar-refractivity contribution in [3.8, 4) is 0 Å². The van der Waals surface area contributed by atoms with E-state index in [1.807, 2.05) is 0 Å². The standard InChI is InChI=1S/C6H6O6S2/c7-3(5(9)10)1-13-14-2-4(8)6(11)12/h1-2H2,(H,9,10)(H,11,12). The van der Waals surface area contributed by atoms with Crippen LogP contribution in [0, 0.1) is 0 Å². The van der Waals surface area contributed by atoms with Gasteiger partial charge < -0.3 is 10.2 Å². The molecule has 0 aliphatic heterocycles. The summed E-state index contributed by atoms with van der Waals surface area (Å²) in [7, 11) is 1.68. The lowest BCUT2D eigenvalue weighted by Crippen LogP contribution is -2.16. The van der Waals surface area contributed by atoms with Gasteiger partial charge in [-0.2, -0.15) is 0 Å². The first kappa shape index (κ1) is 13.0. The Balaban J connectivity index is 3.57. The Kier molecular flexibility index (Phi) is 5.97. The molecule has 0 rings (SSSR count). The Morgan fingerprint density at radius 1 is 0.786 bits per heavy atom. The molecule has 78 valence electrons. The van der Waals surface area contributed by atoms with Gasteiger partial charge in [-0.25, -0.2) is 9.59 Å². The van der Waals surface area contributed by atoms with Crippen molar-refractivity contribution < 1.29 is 29.4 Å². The quantitative estimate of drug-likeness (QED) is 0.352. The lowest BCUT2D eigenvalue weighted by Gasteiger charge is -1.95. The number of ketones is 2. The van der Waals surface area contributed by atoms with Crippen molar-refractivity contribution in [3.63, 3.8) is 0 Å². The molecule has 0 aromatic rings. The summed E-state index contributed by atoms with van der Waals surface area (Å²) in [4.78, 5) is 41.0. The molecule has 0 spiro atoms. The number of hydrogen-bond donors (Lipinski definition) is 2. The van der Waals surface area contributed by atoms with Gasteiger partial charge in [0.1, 0.15) is 0 Å². The zero-order chi connectivity index (χ0) is 11.1. The molecule has 8 heteroatoms. The molecule has 0 unspecified atom stereocenters. The van der Waals surface area contributed by atoms with Crippen LogP contribution < -0.4 is 0 Å². The minimum atomic E-state index is -1.54. The van der Waals surface area contributed by atoms with Crippen molar-refractivity contribution in [2.75, 3.05) is 11.5 Å². The minimum Gasteiger partial charge on any atom is -0.475 e. The Hall–Kier alpha value is -1.02. The lowest BCUT2D eigenvalue weighted by molar-refractivity contribution is -0.147. The predicted octanol–water partition coefficient (Wildman–Crippen LogP) is -0.325. The van der Waals surface area contributed by atoms with Crippen molar-refractivity contribution in [2.45, 2.75) is 0 Å². The molecule has 0 fully saturated rings. The zero-order valence-electron chi connectivity index (χ0n) is 6.76. The van der Waals surface area contributed by atoms with E-state index in [1.54, 1.807) is 0 Å². The molecule has 0 aliphatic rings. The zero-order valence-corrected chi connectivity index (χ0v) is 8.39. The molecule has 0 aliphatic carbocycles. The van der Waals surface area contributed by atoms with E-state index in [2.05, 4.69) is 0 Å². The van der Waals surface area contributed by atoms with Gasteiger partial charge in [0.25, 0.3) is 11.6 Å². The number of aliphatic carboxylic acids is 2. The molecule has 6 nitrogen and oxygen atoms in total. The number of carbonyl (C=O) groups excluding carboxylic acids is 2. The molecule has 0 heterocycles. The Morgan fingerprint density at radius 2 is 1.07 bits per heavy atom. The van der Waals surface area contributed by atoms with Crippen LogP contribution in [-0.4, -0.2) is 45.2 Å². The van der Waals surface area contributed by atoms with Crippen LogP contribution in [0.4, 0.5) is 0 Å². The smallest absolute Gasteiger partial charge is 0.373 e. The first-order valence-corrected chi connectivity index (χ1v) is 5.70. The Morgan fingerprint density at radius 3 is 1.29 bits per heavy atom. The molecular weight excluding hydrogens is 232 g/mol. The Labute approximate surface area is 86.4 Å². The van der Waals surface area contributed by atoms with Crippen LogP contribution in [0.1, 0.15) is 0 Å². The van der Waals surface area contributed by atoms with Crippen LogP contribution in [0.3, 0.4) is 0 Å². The third-order valence-electron chi connectivity index (χ3n) is 0.940. The normalized spacial score (nSPS) is 9.43. The molecule has 0 aromatic heterocycles. The molecule has 0 saturated carbocycles. The fourth-order valence-corrected chi connectivity index (χ4v) is 2.08. The first-order valence-electron chi connectivity index (χ1n) is 3.21. The monoisotopic (exact) mass is 238 g/mol. The summed E-state index contributed by atoms with van der Waals surface area (Å²) in [6.07, 6.45) is 0. The maximum absolute atomic E-state index is 10.5. The summed E-state index contributed by atoms with van der Waals surface area (Å²) < 4.78 is 0. The third-order valence-corrected chi connectivity index (χ3v) is 3.07. The fraction of sp³-hybridized carbons (Fsp3) is 0.333. The number of Topliss-reactive ketones (excluding diaryl/α,β-unsaturated/α-hetero) is 2. The molecular formula is C6H6O6S2. The van der Waals surface area contributed by atoms with Crippen molar-refractivity contribution >= 4 is 45.1 Å². The number of rotatable bonds is 7. The van der Waals surface area contributed by atoms with Gasteiger partial charge in [-0.3, -0.25) is 9.59 Å². The molecule has 0 aromatic carbocycles. The minimum absolute atomic E-state index is 0.285. The summed E-state index contributed by atoms with van der Waals surface area (Å²) in [6.45, 7) is 0. The van der Waals surface area contributed by atoms with Gasteiger partial charge in [-0.15, -0.1) is 0 Å². The highest BCUT2D eigenvalue weighted by Gasteiger charge is 2.14. The molecule has 2 N–H and O–H groups in total. The summed E-state index contributed by atoms with van der Waals surface area (Å²) in [5.41, 5.74) is 0. The number of carbonyl (C=O) groups is 4. The summed E-state index contributed by atoms with van der Waals surface area (Å²) in [5.74, 6) is -5.61. The van der Waals surface area contributed by atoms with Crippen molar-refractivity contribution in [1.29, 1.82) is 0 Å². The van der Waals surface area contributed by atoms with Gasteiger partial charge in [0.2, 0.25) is 0 Å². The van der Waals surface area contributed by atoms with Crippen LogP contribution in [-0.2, 0) is 19.2 Å². The van der Waals surface area contributed by atoms with Crippen molar-refractivity contribution in [1.82, 2.24) is 0 Å². The van der Waals surface area contributed by atoms with E-state index < -0.39 is 23.5 Å². The van der Waals surface area contributed by atoms with Gasteiger partial charge in [0, 0.05) is 0 Å². The van der Waals surface area contributed by atoms with E-state index >= 15 is 0 Å². The number of carboxylic acid groups (broad SMARTS) is 2. The van der Waals surface area contributed by atoms with Crippen molar-refractivity contribution in [3.05, 3.63) is 0 Å². The van der Waals surface area contributed by atoms with E-state index in [4.69, 9.17) is 10.2 Å². The summed E-state index contributed by atoms with van der Waals surface area (Å²) in [5, 5.41) is 16.3. The fourth-order valence-electron chi connectivity index (χ4n) is 0.314. The van der Waals surface area contributed by atoms with Crippen molar-refractivity contribution in [2.24, 2.45) is 0 Å². The Bertz CT molecular complexity index is 245. The largest absolute Gasteiger partial charge is 0.475 e. The number of hydrogen-bond acceptors (Lipinski definition) is 6. The first-order chi connectivity index (χ1) is 6.45. The summed E-state index contributed by atoms with van der Waals surface area (Å²) in [6, 6.07) is 0. The van der Waals surface area contributed by atoms with Crippen LogP contribution in [0.15, 0.2) is 0 Å². The average Bonchev–Trinajstić information content (AvgIpc) is 2.11. The average molecular weight is 238 g/mol. The topological polar surface area (TPSA) is 109 Å². The highest BCUT2D eigenvalue weighted by molar-refractivity contribution is 8.77. The molecule has 0 radical (unpaired) electrons. The number of carboxylic acids is 2. The molecule has 0 atom stereocenters. The van der Waals surface area contributed by atoms with Gasteiger partial charge in [-0.05, 0) is 0 Å². The third kappa shape index (κ3) is 5.60. The van der Waals surface area contributed by atoms with E-state index in [-0.39, 0.29) is 11.5 Å². The second kappa shape index (κ2) is 6.44. The lowest BCUT2D eigenvalue weighted by atomic mass is 10.5. The van der Waals surface area contributed by atoms with E-state index in [1.165, 1.54) is 0 Å². The molecule has 14 heavy (non-hydrogen) atoms. The van der Waals surface area contributed by atoms with Gasteiger partial charge in [0.05, 0.1) is 11.5 Å². The van der Waals surface area contributed by atoms with Crippen LogP contribution in [0.25, 0.3) is 0 Å². The van der Waals surface area contributed by atoms with Crippen LogP contribution in [0.2, 0.25) is 0 Å². The molecule has 0 saturated heterocycles. The van der Waals surface area contributed by atoms with Gasteiger partial charge in [-0.1, -0.05) is 21.6 Å². The highest BCUT2D eigenvalue weighted by atomic mass is 33.1. The maximum atomic E-state index is 10.5. The maximum Gasteiger partial charge on any atom is 0.373 e. The van der Waals surface area contributed by atoms with Crippen LogP contribution in [0.5, 0.6) is 0 Å². The molecule has 0 amide bonds. The van der Waals surface area contributed by atoms with E-state index in [0.717, 1.165) is 21.6 Å². The second-order valence-corrected chi connectivity index (χ2v) is 4.44. The van der Waals surface area contributed by atoms with Gasteiger partial charge in [0.15, 0.2) is 0 Å². The SMILES string of the molecule is O=C(O)C(=O)CSSCC(=O)C(=O)O. The summed E-state index contributed by atoms with van der Waals surface area (Å²) >= 11 is 0. The predicted molar refractivity (Wildman–Crippen MR) is 50.2 cm³/mol. The van der Waals surface area contributed by atoms with Gasteiger partial charge >= 0.3 is 11.9 Å². The second-order valence-electron chi connectivity index (χ2n) is 1.98. The molecule has 0 bridgehead atoms. The highest BCUT2D eigenvalue weighted by Crippen LogP contribution is 2.20. The van der Waals surface area contributed by atoms with E-state index in [9.17, 15) is 19.2 Å². The van der Waals surface area contributed by atoms with Crippen LogP contribution >= 0.6 is 21.6 Å².